The molecular formula is C11H16N2O4S. The lowest BCUT2D eigenvalue weighted by Crippen LogP contribution is -2.41. The van der Waals surface area contributed by atoms with Crippen molar-refractivity contribution in [2.45, 2.75) is 19.0 Å². The van der Waals surface area contributed by atoms with Gasteiger partial charge in [-0.2, -0.15) is 11.8 Å². The van der Waals surface area contributed by atoms with E-state index in [1.807, 2.05) is 6.26 Å². The Morgan fingerprint density at radius 1 is 1.56 bits per heavy atom. The van der Waals surface area contributed by atoms with E-state index in [4.69, 9.17) is 15.3 Å². The minimum atomic E-state index is -1.05. The van der Waals surface area contributed by atoms with Crippen molar-refractivity contribution < 1.29 is 19.1 Å². The van der Waals surface area contributed by atoms with Gasteiger partial charge in [-0.1, -0.05) is 0 Å². The maximum absolute atomic E-state index is 11.7. The summed E-state index contributed by atoms with van der Waals surface area (Å²) in [6, 6.07) is 2.16. The van der Waals surface area contributed by atoms with Gasteiger partial charge in [0.1, 0.15) is 11.8 Å². The maximum atomic E-state index is 11.7. The lowest BCUT2D eigenvalue weighted by molar-refractivity contribution is -0.139. The van der Waals surface area contributed by atoms with Crippen LogP contribution < -0.4 is 11.1 Å². The first kappa shape index (κ1) is 14.6. The third kappa shape index (κ3) is 4.08. The summed E-state index contributed by atoms with van der Waals surface area (Å²) in [5, 5.41) is 11.4. The molecule has 1 aromatic heterocycles. The Bertz CT molecular complexity index is 419. The van der Waals surface area contributed by atoms with Gasteiger partial charge in [0.2, 0.25) is 0 Å². The molecule has 0 fully saturated rings. The summed E-state index contributed by atoms with van der Waals surface area (Å²) >= 11 is 1.52. The molecule has 4 N–H and O–H groups in total. The fourth-order valence-electron chi connectivity index (χ4n) is 1.33. The molecule has 0 bridgehead atoms. The number of carboxylic acid groups (broad SMARTS) is 1. The molecule has 0 spiro atoms. The number of hydrogen-bond donors (Lipinski definition) is 3. The second-order valence-corrected chi connectivity index (χ2v) is 4.60. The van der Waals surface area contributed by atoms with Gasteiger partial charge in [-0.3, -0.25) is 4.79 Å². The first-order valence-electron chi connectivity index (χ1n) is 5.40. The number of nitrogens with one attached hydrogen (secondary N) is 1. The summed E-state index contributed by atoms with van der Waals surface area (Å²) in [5.41, 5.74) is 5.36. The van der Waals surface area contributed by atoms with E-state index in [9.17, 15) is 9.59 Å². The molecule has 0 aromatic carbocycles. The zero-order valence-electron chi connectivity index (χ0n) is 10.0. The SMILES string of the molecule is CSCC[C@@H](NC(=O)c1ccc(CN)o1)C(=O)O. The zero-order chi connectivity index (χ0) is 13.5. The smallest absolute Gasteiger partial charge is 0.326 e. The van der Waals surface area contributed by atoms with Crippen LogP contribution in [-0.4, -0.2) is 35.0 Å². The van der Waals surface area contributed by atoms with Gasteiger partial charge in [0.25, 0.3) is 5.91 Å². The van der Waals surface area contributed by atoms with E-state index in [1.165, 1.54) is 17.8 Å². The summed E-state index contributed by atoms with van der Waals surface area (Å²) in [4.78, 5) is 22.7. The van der Waals surface area contributed by atoms with Crippen LogP contribution >= 0.6 is 11.8 Å². The van der Waals surface area contributed by atoms with E-state index in [2.05, 4.69) is 5.32 Å². The van der Waals surface area contributed by atoms with E-state index >= 15 is 0 Å². The Kier molecular flexibility index (Phi) is 5.73. The Balaban J connectivity index is 2.62. The second kappa shape index (κ2) is 7.07. The molecule has 1 amide bonds. The summed E-state index contributed by atoms with van der Waals surface area (Å²) in [6.45, 7) is 0.197. The number of furan rings is 1. The highest BCUT2D eigenvalue weighted by Gasteiger charge is 2.21. The standard InChI is InChI=1S/C11H16N2O4S/c1-18-5-4-8(11(15)16)13-10(14)9-3-2-7(6-12)17-9/h2-3,8H,4-6,12H2,1H3,(H,13,14)(H,15,16)/t8-/m1/s1. The van der Waals surface area contributed by atoms with Crippen molar-refractivity contribution in [3.8, 4) is 0 Å². The van der Waals surface area contributed by atoms with Gasteiger partial charge in [-0.05, 0) is 30.6 Å². The molecule has 18 heavy (non-hydrogen) atoms. The van der Waals surface area contributed by atoms with Crippen LogP contribution in [0.1, 0.15) is 22.7 Å². The molecule has 7 heteroatoms. The molecule has 0 unspecified atom stereocenters. The molecule has 0 aliphatic heterocycles. The van der Waals surface area contributed by atoms with Crippen LogP contribution in [0.5, 0.6) is 0 Å². The predicted molar refractivity (Wildman–Crippen MR) is 68.5 cm³/mol. The number of hydrogen-bond acceptors (Lipinski definition) is 5. The monoisotopic (exact) mass is 272 g/mol. The predicted octanol–water partition coefficient (Wildman–Crippen LogP) is 0.674. The number of amides is 1. The van der Waals surface area contributed by atoms with Crippen molar-refractivity contribution in [1.82, 2.24) is 5.32 Å². The van der Waals surface area contributed by atoms with Crippen LogP contribution in [0.25, 0.3) is 0 Å². The summed E-state index contributed by atoms with van der Waals surface area (Å²) in [5.74, 6) is -0.378. The van der Waals surface area contributed by atoms with Gasteiger partial charge in [0.15, 0.2) is 5.76 Å². The molecule has 0 saturated carbocycles. The molecule has 1 rings (SSSR count). The van der Waals surface area contributed by atoms with E-state index in [0.717, 1.165) is 0 Å². The number of carboxylic acids is 1. The lowest BCUT2D eigenvalue weighted by atomic mass is 10.2. The number of thioether (sulfide) groups is 1. The summed E-state index contributed by atoms with van der Waals surface area (Å²) in [7, 11) is 0. The van der Waals surface area contributed by atoms with Gasteiger partial charge < -0.3 is 20.6 Å². The Labute approximate surface area is 109 Å². The van der Waals surface area contributed by atoms with Crippen LogP contribution in [0, 0.1) is 0 Å². The highest BCUT2D eigenvalue weighted by Crippen LogP contribution is 2.08. The Hall–Kier alpha value is -1.47. The molecule has 1 heterocycles. The van der Waals surface area contributed by atoms with Crippen molar-refractivity contribution in [2.75, 3.05) is 12.0 Å². The van der Waals surface area contributed by atoms with Crippen molar-refractivity contribution in [1.29, 1.82) is 0 Å². The second-order valence-electron chi connectivity index (χ2n) is 3.62. The van der Waals surface area contributed by atoms with Crippen molar-refractivity contribution in [3.63, 3.8) is 0 Å². The van der Waals surface area contributed by atoms with Gasteiger partial charge in [0.05, 0.1) is 6.54 Å². The Morgan fingerprint density at radius 2 is 2.28 bits per heavy atom. The van der Waals surface area contributed by atoms with Gasteiger partial charge >= 0.3 is 5.97 Å². The Morgan fingerprint density at radius 3 is 2.78 bits per heavy atom. The van der Waals surface area contributed by atoms with Crippen LogP contribution in [0.4, 0.5) is 0 Å². The molecule has 0 saturated heterocycles. The quantitative estimate of drug-likeness (QED) is 0.674. The van der Waals surface area contributed by atoms with Gasteiger partial charge in [-0.15, -0.1) is 0 Å². The highest BCUT2D eigenvalue weighted by molar-refractivity contribution is 7.98. The molecule has 0 aliphatic carbocycles. The summed E-state index contributed by atoms with van der Waals surface area (Å²) in [6.07, 6.45) is 2.24. The van der Waals surface area contributed by atoms with E-state index in [-0.39, 0.29) is 12.3 Å². The van der Waals surface area contributed by atoms with Crippen LogP contribution in [0.2, 0.25) is 0 Å². The van der Waals surface area contributed by atoms with E-state index in [1.54, 1.807) is 6.07 Å². The molecule has 1 aromatic rings. The molecule has 0 aliphatic rings. The molecule has 1 atom stereocenters. The zero-order valence-corrected chi connectivity index (χ0v) is 10.8. The van der Waals surface area contributed by atoms with Crippen LogP contribution in [-0.2, 0) is 11.3 Å². The molecule has 6 nitrogen and oxygen atoms in total. The minimum Gasteiger partial charge on any atom is -0.480 e. The van der Waals surface area contributed by atoms with Gasteiger partial charge in [-0.25, -0.2) is 4.79 Å². The molecule has 100 valence electrons. The third-order valence-electron chi connectivity index (χ3n) is 2.30. The number of aliphatic carboxylic acids is 1. The van der Waals surface area contributed by atoms with Crippen LogP contribution in [0.15, 0.2) is 16.5 Å². The first-order chi connectivity index (χ1) is 8.58. The van der Waals surface area contributed by atoms with Crippen molar-refractivity contribution in [2.24, 2.45) is 5.73 Å². The number of carbonyl (C=O) groups excluding carboxylic acids is 1. The largest absolute Gasteiger partial charge is 0.480 e. The van der Waals surface area contributed by atoms with E-state index < -0.39 is 17.9 Å². The molecular weight excluding hydrogens is 256 g/mol. The summed E-state index contributed by atoms with van der Waals surface area (Å²) < 4.78 is 5.14. The minimum absolute atomic E-state index is 0.0749. The fraction of sp³-hybridized carbons (Fsp3) is 0.455. The topological polar surface area (TPSA) is 106 Å². The number of nitrogens with two attached hydrogens (primary N) is 1. The average Bonchev–Trinajstić information content (AvgIpc) is 2.82. The van der Waals surface area contributed by atoms with Gasteiger partial charge in [0, 0.05) is 0 Å². The number of rotatable bonds is 7. The maximum Gasteiger partial charge on any atom is 0.326 e. The average molecular weight is 272 g/mol. The van der Waals surface area contributed by atoms with Crippen molar-refractivity contribution in [3.05, 3.63) is 23.7 Å². The number of carbonyl (C=O) groups is 2. The first-order valence-corrected chi connectivity index (χ1v) is 6.79. The fourth-order valence-corrected chi connectivity index (χ4v) is 1.80. The third-order valence-corrected chi connectivity index (χ3v) is 2.94. The van der Waals surface area contributed by atoms with Crippen molar-refractivity contribution >= 4 is 23.6 Å². The van der Waals surface area contributed by atoms with E-state index in [0.29, 0.717) is 17.9 Å². The molecule has 0 radical (unpaired) electrons. The lowest BCUT2D eigenvalue weighted by Gasteiger charge is -2.12. The normalized spacial score (nSPS) is 12.1. The van der Waals surface area contributed by atoms with Crippen LogP contribution in [0.3, 0.4) is 0 Å². The highest BCUT2D eigenvalue weighted by atomic mass is 32.2.